The number of methoxy groups -OCH3 is 1. The maximum absolute atomic E-state index is 13.4. The van der Waals surface area contributed by atoms with Crippen molar-refractivity contribution in [2.45, 2.75) is 18.3 Å². The maximum atomic E-state index is 13.4. The molecule has 5 rings (SSSR count). The van der Waals surface area contributed by atoms with Crippen LogP contribution in [0.3, 0.4) is 0 Å². The molecule has 1 atom stereocenters. The topological polar surface area (TPSA) is 136 Å². The van der Waals surface area contributed by atoms with Gasteiger partial charge in [0.15, 0.2) is 0 Å². The lowest BCUT2D eigenvalue weighted by Gasteiger charge is -2.38. The number of pyridine rings is 2. The molecule has 38 heavy (non-hydrogen) atoms. The highest BCUT2D eigenvalue weighted by Gasteiger charge is 2.43. The number of ether oxygens (including phenoxy) is 3. The number of carbonyl (C=O) groups is 2. The van der Waals surface area contributed by atoms with Gasteiger partial charge in [0.1, 0.15) is 28.4 Å². The molecule has 0 saturated carbocycles. The minimum absolute atomic E-state index is 0.250. The third kappa shape index (κ3) is 5.45. The fourth-order valence-corrected chi connectivity index (χ4v) is 4.18. The summed E-state index contributed by atoms with van der Waals surface area (Å²) in [6.45, 7) is 0.00754. The van der Waals surface area contributed by atoms with Gasteiger partial charge >= 0.3 is 6.36 Å². The van der Waals surface area contributed by atoms with E-state index in [0.717, 1.165) is 5.39 Å². The third-order valence-electron chi connectivity index (χ3n) is 5.75. The Kier molecular flexibility index (Phi) is 7.37. The molecule has 4 aromatic rings. The zero-order valence-electron chi connectivity index (χ0n) is 19.8. The second-order valence-corrected chi connectivity index (χ2v) is 7.98. The Morgan fingerprint density at radius 1 is 1.21 bits per heavy atom. The summed E-state index contributed by atoms with van der Waals surface area (Å²) in [5.41, 5.74) is 0.738. The Balaban J connectivity index is 0.00000107. The number of hydrogen-bond acceptors (Lipinski definition) is 7. The minimum Gasteiger partial charge on any atom is -0.491 e. The summed E-state index contributed by atoms with van der Waals surface area (Å²) in [7, 11) is 1.50. The molecule has 198 valence electrons. The normalized spacial score (nSPS) is 16.3. The van der Waals surface area contributed by atoms with Gasteiger partial charge in [-0.1, -0.05) is 12.1 Å². The highest BCUT2D eigenvalue weighted by molar-refractivity contribution is 5.98. The largest absolute Gasteiger partial charge is 0.573 e. The second kappa shape index (κ2) is 10.7. The zero-order chi connectivity index (χ0) is 27.3. The number of carboxylic acid groups (broad SMARTS) is 1. The Morgan fingerprint density at radius 2 is 1.95 bits per heavy atom. The molecular weight excluding hydrogens is 509 g/mol. The van der Waals surface area contributed by atoms with Gasteiger partial charge in [-0.3, -0.25) is 14.6 Å². The van der Waals surface area contributed by atoms with Crippen molar-refractivity contribution in [1.29, 1.82) is 0 Å². The molecule has 10 nitrogen and oxygen atoms in total. The summed E-state index contributed by atoms with van der Waals surface area (Å²) >= 11 is 0. The standard InChI is InChI=1S/C24H19F3N4O4.CH2O2/c1-33-20-12-14-11-17(30-18(14)13-29-20)22(32)31-23(8-10-34-19-3-2-9-28-21(19)23)15-4-6-16(7-5-15)35-24(25,26)27;2-1-3/h2-7,9,11-13,30H,8,10H2,1H3,(H,31,32);1H,(H,2,3). The summed E-state index contributed by atoms with van der Waals surface area (Å²) in [6, 6.07) is 12.2. The van der Waals surface area contributed by atoms with Gasteiger partial charge in [0, 0.05) is 24.1 Å². The van der Waals surface area contributed by atoms with Crippen LogP contribution in [0.2, 0.25) is 0 Å². The lowest BCUT2D eigenvalue weighted by atomic mass is 9.81. The van der Waals surface area contributed by atoms with Crippen LogP contribution in [0.15, 0.2) is 60.9 Å². The molecule has 1 amide bonds. The van der Waals surface area contributed by atoms with Gasteiger partial charge in [-0.15, -0.1) is 13.2 Å². The number of benzene rings is 1. The SMILES string of the molecule is COc1cc2cc(C(=O)NC3(c4ccc(OC(F)(F)F)cc4)CCOc4cccnc43)[nH]c2cn1.O=CO. The summed E-state index contributed by atoms with van der Waals surface area (Å²) in [5.74, 6) is 0.0753. The molecule has 0 saturated heterocycles. The van der Waals surface area contributed by atoms with Crippen LogP contribution in [-0.4, -0.2) is 52.5 Å². The van der Waals surface area contributed by atoms with E-state index in [2.05, 4.69) is 25.0 Å². The van der Waals surface area contributed by atoms with Crippen LogP contribution in [0.25, 0.3) is 10.9 Å². The van der Waals surface area contributed by atoms with Gasteiger partial charge in [0.25, 0.3) is 12.4 Å². The van der Waals surface area contributed by atoms with E-state index in [4.69, 9.17) is 19.4 Å². The molecule has 0 aliphatic carbocycles. The van der Waals surface area contributed by atoms with E-state index in [1.165, 1.54) is 31.4 Å². The smallest absolute Gasteiger partial charge is 0.491 e. The summed E-state index contributed by atoms with van der Waals surface area (Å²) in [6.07, 6.45) is -1.38. The molecule has 1 aromatic carbocycles. The number of nitrogens with one attached hydrogen (secondary N) is 2. The number of halogens is 3. The molecule has 0 radical (unpaired) electrons. The minimum atomic E-state index is -4.81. The van der Waals surface area contributed by atoms with E-state index < -0.39 is 17.8 Å². The molecular formula is C25H21F3N4O6. The number of aromatic nitrogens is 3. The van der Waals surface area contributed by atoms with Crippen LogP contribution < -0.4 is 19.5 Å². The summed E-state index contributed by atoms with van der Waals surface area (Å²) < 4.78 is 52.8. The van der Waals surface area contributed by atoms with Gasteiger partial charge in [-0.2, -0.15) is 0 Å². The van der Waals surface area contributed by atoms with Crippen molar-refractivity contribution in [3.05, 3.63) is 77.9 Å². The molecule has 1 aliphatic heterocycles. The number of hydrogen-bond donors (Lipinski definition) is 3. The third-order valence-corrected chi connectivity index (χ3v) is 5.75. The van der Waals surface area contributed by atoms with Crippen LogP contribution in [0.5, 0.6) is 17.4 Å². The Morgan fingerprint density at radius 3 is 2.63 bits per heavy atom. The Hall–Kier alpha value is -4.81. The van der Waals surface area contributed by atoms with Crippen molar-refractivity contribution in [2.24, 2.45) is 0 Å². The highest BCUT2D eigenvalue weighted by Crippen LogP contribution is 2.41. The predicted octanol–water partition coefficient (Wildman–Crippen LogP) is 4.02. The molecule has 0 bridgehead atoms. The average Bonchev–Trinajstić information content (AvgIpc) is 3.32. The average molecular weight is 530 g/mol. The van der Waals surface area contributed by atoms with Crippen LogP contribution in [0, 0.1) is 0 Å². The van der Waals surface area contributed by atoms with Gasteiger partial charge < -0.3 is 29.6 Å². The monoisotopic (exact) mass is 530 g/mol. The lowest BCUT2D eigenvalue weighted by Crippen LogP contribution is -2.50. The Bertz CT molecular complexity index is 1440. The van der Waals surface area contributed by atoms with Crippen molar-refractivity contribution in [3.8, 4) is 17.4 Å². The fraction of sp³-hybridized carbons (Fsp3) is 0.200. The van der Waals surface area contributed by atoms with Crippen LogP contribution in [0.4, 0.5) is 13.2 Å². The van der Waals surface area contributed by atoms with E-state index in [-0.39, 0.29) is 24.5 Å². The highest BCUT2D eigenvalue weighted by atomic mass is 19.4. The first kappa shape index (κ1) is 26.3. The number of nitrogens with zero attached hydrogens (tertiary/aromatic N) is 2. The van der Waals surface area contributed by atoms with Gasteiger partial charge in [-0.05, 0) is 35.9 Å². The van der Waals surface area contributed by atoms with E-state index >= 15 is 0 Å². The van der Waals surface area contributed by atoms with E-state index in [1.54, 1.807) is 36.7 Å². The molecule has 0 fully saturated rings. The first-order valence-corrected chi connectivity index (χ1v) is 11.1. The number of H-pyrrole nitrogens is 1. The van der Waals surface area contributed by atoms with Gasteiger partial charge in [0.05, 0.1) is 25.4 Å². The molecule has 4 heterocycles. The van der Waals surface area contributed by atoms with E-state index in [1.807, 2.05) is 0 Å². The Labute approximate surface area is 213 Å². The molecule has 1 unspecified atom stereocenters. The van der Waals surface area contributed by atoms with Crippen molar-refractivity contribution in [2.75, 3.05) is 13.7 Å². The number of rotatable bonds is 5. The van der Waals surface area contributed by atoms with Crippen LogP contribution in [0.1, 0.15) is 28.2 Å². The number of carbonyl (C=O) groups excluding carboxylic acids is 1. The van der Waals surface area contributed by atoms with Crippen molar-refractivity contribution >= 4 is 23.3 Å². The van der Waals surface area contributed by atoms with Gasteiger partial charge in [0.2, 0.25) is 5.88 Å². The maximum Gasteiger partial charge on any atom is 0.573 e. The number of amides is 1. The van der Waals surface area contributed by atoms with Gasteiger partial charge in [-0.25, -0.2) is 4.98 Å². The number of fused-ring (bicyclic) bond motifs is 2. The number of alkyl halides is 3. The fourth-order valence-electron chi connectivity index (χ4n) is 4.18. The van der Waals surface area contributed by atoms with Crippen molar-refractivity contribution in [1.82, 2.24) is 20.3 Å². The van der Waals surface area contributed by atoms with Crippen molar-refractivity contribution < 1.29 is 42.1 Å². The molecule has 13 heteroatoms. The summed E-state index contributed by atoms with van der Waals surface area (Å²) in [4.78, 5) is 33.4. The quantitative estimate of drug-likeness (QED) is 0.329. The predicted molar refractivity (Wildman–Crippen MR) is 127 cm³/mol. The first-order valence-electron chi connectivity index (χ1n) is 11.1. The molecule has 3 N–H and O–H groups in total. The number of aromatic amines is 1. The molecule has 0 spiro atoms. The van der Waals surface area contributed by atoms with Crippen LogP contribution >= 0.6 is 0 Å². The first-order chi connectivity index (χ1) is 18.2. The summed E-state index contributed by atoms with van der Waals surface area (Å²) in [5, 5.41) is 10.7. The van der Waals surface area contributed by atoms with Crippen LogP contribution in [-0.2, 0) is 10.3 Å². The second-order valence-electron chi connectivity index (χ2n) is 7.98. The van der Waals surface area contributed by atoms with E-state index in [0.29, 0.717) is 34.8 Å². The zero-order valence-corrected chi connectivity index (χ0v) is 19.8. The molecule has 3 aromatic heterocycles. The van der Waals surface area contributed by atoms with E-state index in [9.17, 15) is 18.0 Å². The van der Waals surface area contributed by atoms with Crippen molar-refractivity contribution in [3.63, 3.8) is 0 Å². The lowest BCUT2D eigenvalue weighted by molar-refractivity contribution is -0.274. The molecule has 1 aliphatic rings.